The van der Waals surface area contributed by atoms with E-state index >= 15 is 0 Å². The number of likely N-dealkylation sites (tertiary alicyclic amines) is 1. The van der Waals surface area contributed by atoms with Gasteiger partial charge in [-0.25, -0.2) is 9.07 Å². The maximum Gasteiger partial charge on any atom is 0.219 e. The number of methoxy groups -OCH3 is 1. The number of rotatable bonds is 7. The molecule has 2 fully saturated rings. The van der Waals surface area contributed by atoms with Crippen LogP contribution in [0.5, 0.6) is 0 Å². The number of aromatic nitrogens is 4. The van der Waals surface area contributed by atoms with Crippen LogP contribution in [-0.2, 0) is 20.7 Å². The molecule has 2 N–H and O–H groups in total. The van der Waals surface area contributed by atoms with Crippen LogP contribution < -0.4 is 0 Å². The zero-order chi connectivity index (χ0) is 27.7. The van der Waals surface area contributed by atoms with Gasteiger partial charge in [-0.3, -0.25) is 4.79 Å². The summed E-state index contributed by atoms with van der Waals surface area (Å²) in [4.78, 5) is 13.5. The van der Waals surface area contributed by atoms with Crippen LogP contribution in [0, 0.1) is 12.7 Å². The number of aliphatic hydroxyl groups is 2. The summed E-state index contributed by atoms with van der Waals surface area (Å²) in [6.07, 6.45) is 0.276. The Bertz CT molecular complexity index is 1290. The van der Waals surface area contributed by atoms with Crippen molar-refractivity contribution in [1.82, 2.24) is 25.1 Å². The van der Waals surface area contributed by atoms with Crippen molar-refractivity contribution in [1.29, 1.82) is 0 Å². The fourth-order valence-electron chi connectivity index (χ4n) is 5.54. The zero-order valence-electron chi connectivity index (χ0n) is 22.2. The lowest BCUT2D eigenvalue weighted by atomic mass is 9.89. The molecule has 1 aromatic carbocycles. The van der Waals surface area contributed by atoms with Gasteiger partial charge in [-0.15, -0.1) is 5.10 Å². The van der Waals surface area contributed by atoms with Crippen LogP contribution >= 0.6 is 0 Å². The van der Waals surface area contributed by atoms with E-state index in [2.05, 4.69) is 15.5 Å². The summed E-state index contributed by atoms with van der Waals surface area (Å²) in [5.74, 6) is 0.666. The summed E-state index contributed by atoms with van der Waals surface area (Å²) >= 11 is 0. The molecule has 2 aromatic heterocycles. The number of amides is 1. The zero-order valence-corrected chi connectivity index (χ0v) is 22.2. The summed E-state index contributed by atoms with van der Waals surface area (Å²) in [5, 5.41) is 33.7. The number of nitrogens with zero attached hydrogens (tertiary/aromatic N) is 5. The van der Waals surface area contributed by atoms with Gasteiger partial charge in [-0.2, -0.15) is 0 Å². The summed E-state index contributed by atoms with van der Waals surface area (Å²) < 4.78 is 33.2. The summed E-state index contributed by atoms with van der Waals surface area (Å²) in [6.45, 7) is 4.21. The second-order valence-electron chi connectivity index (χ2n) is 10.3. The van der Waals surface area contributed by atoms with E-state index in [0.717, 1.165) is 18.6 Å². The van der Waals surface area contributed by atoms with Crippen molar-refractivity contribution in [2.75, 3.05) is 26.8 Å². The highest BCUT2D eigenvalue weighted by Gasteiger charge is 2.47. The Morgan fingerprint density at radius 2 is 2.00 bits per heavy atom. The molecule has 5 atom stereocenters. The lowest BCUT2D eigenvalue weighted by molar-refractivity contribution is -0.212. The Morgan fingerprint density at radius 1 is 1.23 bits per heavy atom. The molecule has 12 heteroatoms. The molecule has 0 radical (unpaired) electrons. The molecule has 0 spiro atoms. The molecule has 2 aliphatic heterocycles. The van der Waals surface area contributed by atoms with E-state index in [1.807, 2.05) is 11.0 Å². The number of carbonyl (C=O) groups excluding carboxylic acids is 1. The minimum atomic E-state index is -1.14. The van der Waals surface area contributed by atoms with Crippen molar-refractivity contribution < 1.29 is 33.4 Å². The van der Waals surface area contributed by atoms with Gasteiger partial charge in [-0.05, 0) is 31.4 Å². The molecule has 0 saturated carbocycles. The third kappa shape index (κ3) is 5.60. The molecule has 3 aromatic rings. The third-order valence-electron chi connectivity index (χ3n) is 7.85. The van der Waals surface area contributed by atoms with Gasteiger partial charge in [0.2, 0.25) is 5.91 Å². The van der Waals surface area contributed by atoms with E-state index < -0.39 is 37.1 Å². The van der Waals surface area contributed by atoms with Gasteiger partial charge in [-0.1, -0.05) is 22.5 Å². The van der Waals surface area contributed by atoms with Crippen LogP contribution in [0.2, 0.25) is 0 Å². The first-order valence-electron chi connectivity index (χ1n) is 13.2. The average molecular weight is 544 g/mol. The van der Waals surface area contributed by atoms with Crippen molar-refractivity contribution in [3.63, 3.8) is 0 Å². The van der Waals surface area contributed by atoms with Crippen molar-refractivity contribution in [3.8, 4) is 11.3 Å². The molecule has 4 heterocycles. The van der Waals surface area contributed by atoms with Crippen molar-refractivity contribution in [2.45, 2.75) is 69.5 Å². The van der Waals surface area contributed by atoms with E-state index in [1.54, 1.807) is 32.2 Å². The van der Waals surface area contributed by atoms with Crippen molar-refractivity contribution >= 4 is 5.91 Å². The lowest BCUT2D eigenvalue weighted by Gasteiger charge is -2.43. The molecule has 1 amide bonds. The first kappa shape index (κ1) is 27.4. The number of carbonyl (C=O) groups is 1. The number of piperidine rings is 1. The molecule has 39 heavy (non-hydrogen) atoms. The van der Waals surface area contributed by atoms with E-state index in [-0.39, 0.29) is 17.6 Å². The topological polar surface area (TPSA) is 136 Å². The highest BCUT2D eigenvalue weighted by Crippen LogP contribution is 2.35. The van der Waals surface area contributed by atoms with Gasteiger partial charge in [0.1, 0.15) is 41.6 Å². The van der Waals surface area contributed by atoms with Gasteiger partial charge >= 0.3 is 0 Å². The minimum Gasteiger partial charge on any atom is -0.394 e. The second-order valence-corrected chi connectivity index (χ2v) is 10.3. The van der Waals surface area contributed by atoms with Crippen molar-refractivity contribution in [3.05, 3.63) is 53.3 Å². The van der Waals surface area contributed by atoms with E-state index in [1.165, 1.54) is 17.9 Å². The Labute approximate surface area is 225 Å². The Morgan fingerprint density at radius 3 is 2.67 bits per heavy atom. The van der Waals surface area contributed by atoms with Crippen LogP contribution in [-0.4, -0.2) is 92.4 Å². The van der Waals surface area contributed by atoms with Crippen LogP contribution in [0.15, 0.2) is 35.0 Å². The fraction of sp³-hybridized carbons (Fsp3) is 0.556. The van der Waals surface area contributed by atoms with Gasteiger partial charge in [0.25, 0.3) is 0 Å². The lowest BCUT2D eigenvalue weighted by Crippen LogP contribution is -2.57. The first-order valence-corrected chi connectivity index (χ1v) is 13.2. The van der Waals surface area contributed by atoms with Gasteiger partial charge in [0, 0.05) is 51.1 Å². The van der Waals surface area contributed by atoms with E-state index in [4.69, 9.17) is 14.0 Å². The highest BCUT2D eigenvalue weighted by atomic mass is 19.1. The summed E-state index contributed by atoms with van der Waals surface area (Å²) in [6, 6.07) is 5.99. The molecular formula is C27H34FN5O6. The number of ether oxygens (including phenoxy) is 2. The second kappa shape index (κ2) is 11.5. The molecule has 0 bridgehead atoms. The molecule has 210 valence electrons. The predicted molar refractivity (Wildman–Crippen MR) is 136 cm³/mol. The number of aliphatic hydroxyl groups excluding tert-OH is 2. The number of benzene rings is 1. The van der Waals surface area contributed by atoms with Gasteiger partial charge in [0.15, 0.2) is 0 Å². The maximum absolute atomic E-state index is 14.1. The van der Waals surface area contributed by atoms with E-state index in [0.29, 0.717) is 42.0 Å². The molecule has 0 aliphatic carbocycles. The highest BCUT2D eigenvalue weighted by molar-refractivity contribution is 5.73. The Kier molecular flexibility index (Phi) is 8.08. The molecule has 5 rings (SSSR count). The predicted octanol–water partition coefficient (Wildman–Crippen LogP) is 2.03. The Balaban J connectivity index is 1.34. The number of hydrogen-bond acceptors (Lipinski definition) is 9. The average Bonchev–Trinajstić information content (AvgIpc) is 3.61. The Hall–Kier alpha value is -3.19. The molecule has 2 aliphatic rings. The molecule has 0 unspecified atom stereocenters. The monoisotopic (exact) mass is 543 g/mol. The first-order chi connectivity index (χ1) is 18.8. The number of hydrogen-bond donors (Lipinski definition) is 2. The maximum atomic E-state index is 14.1. The van der Waals surface area contributed by atoms with Crippen molar-refractivity contribution in [2.24, 2.45) is 0 Å². The fourth-order valence-corrected chi connectivity index (χ4v) is 5.54. The number of halogens is 1. The quantitative estimate of drug-likeness (QED) is 0.459. The number of aryl methyl sites for hydroxylation is 1. The molecular weight excluding hydrogens is 509 g/mol. The SMILES string of the molecule is CO[C@@H]1[C@@H](n2cc(-c3ccc(C)c(F)c3)nn2)[C@@H](O)[C@@H](CO)O[C@@H]1Cc1cc(C2CCN(C(C)=O)CC2)on1. The smallest absolute Gasteiger partial charge is 0.219 e. The minimum absolute atomic E-state index is 0.0764. The summed E-state index contributed by atoms with van der Waals surface area (Å²) in [5.41, 5.74) is 2.18. The normalized spacial score (nSPS) is 26.2. The van der Waals surface area contributed by atoms with E-state index in [9.17, 15) is 19.4 Å². The standard InChI is InChI=1S/C27H34FN5O6/c1-15-4-5-18(10-20(15)28)21-13-33(31-29-21)25-26(36)24(14-34)38-23(27(25)37-3)12-19-11-22(39-30-19)17-6-8-32(9-7-17)16(2)35/h4-5,10-11,13,17,23-27,34,36H,6-9,12,14H2,1-3H3/t23-,24-,25+,26+,27+/m1/s1. The van der Waals surface area contributed by atoms with Gasteiger partial charge < -0.3 is 29.1 Å². The third-order valence-corrected chi connectivity index (χ3v) is 7.85. The molecule has 2 saturated heterocycles. The van der Waals surface area contributed by atoms with Crippen LogP contribution in [0.25, 0.3) is 11.3 Å². The largest absolute Gasteiger partial charge is 0.394 e. The van der Waals surface area contributed by atoms with Crippen LogP contribution in [0.3, 0.4) is 0 Å². The van der Waals surface area contributed by atoms with Gasteiger partial charge in [0.05, 0.1) is 24.6 Å². The van der Waals surface area contributed by atoms with Crippen LogP contribution in [0.4, 0.5) is 4.39 Å². The molecule has 11 nitrogen and oxygen atoms in total. The summed E-state index contributed by atoms with van der Waals surface area (Å²) in [7, 11) is 1.52. The van der Waals surface area contributed by atoms with Crippen LogP contribution in [0.1, 0.15) is 48.7 Å².